The molecule has 2 unspecified atom stereocenters. The van der Waals surface area contributed by atoms with Crippen LogP contribution in [-0.2, 0) is 12.8 Å². The fraction of sp³-hybridized carbons (Fsp3) is 0.579. The van der Waals surface area contributed by atoms with Gasteiger partial charge in [-0.15, -0.1) is 0 Å². The van der Waals surface area contributed by atoms with E-state index in [2.05, 4.69) is 53.0 Å². The average molecular weight is 314 g/mol. The number of hydrogen-bond acceptors (Lipinski definition) is 4. The molecule has 0 amide bonds. The Morgan fingerprint density at radius 2 is 2.30 bits per heavy atom. The van der Waals surface area contributed by atoms with Gasteiger partial charge in [0, 0.05) is 30.9 Å². The van der Waals surface area contributed by atoms with E-state index in [1.54, 1.807) is 0 Å². The highest BCUT2D eigenvalue weighted by Crippen LogP contribution is 2.27. The molecule has 2 atom stereocenters. The summed E-state index contributed by atoms with van der Waals surface area (Å²) in [6.45, 7) is 9.43. The fourth-order valence-corrected chi connectivity index (χ4v) is 3.56. The molecule has 4 heteroatoms. The minimum Gasteiger partial charge on any atom is -0.380 e. The fourth-order valence-electron chi connectivity index (χ4n) is 3.56. The Kier molecular flexibility index (Phi) is 5.44. The van der Waals surface area contributed by atoms with Crippen LogP contribution in [0.5, 0.6) is 0 Å². The second-order valence-corrected chi connectivity index (χ2v) is 6.83. The highest BCUT2D eigenvalue weighted by molar-refractivity contribution is 5.58. The molecule has 2 aliphatic rings. The first-order valence-corrected chi connectivity index (χ1v) is 9.03. The predicted molar refractivity (Wildman–Crippen MR) is 97.7 cm³/mol. The monoisotopic (exact) mass is 314 g/mol. The number of nitrogens with one attached hydrogen (secondary N) is 4. The van der Waals surface area contributed by atoms with Crippen LogP contribution < -0.4 is 21.3 Å². The van der Waals surface area contributed by atoms with E-state index in [1.807, 2.05) is 0 Å². The summed E-state index contributed by atoms with van der Waals surface area (Å²) in [5.74, 6) is 0.947. The number of aryl methyl sites for hydroxylation is 1. The molecular formula is C19H30N4. The molecule has 2 aliphatic heterocycles. The molecule has 4 N–H and O–H groups in total. The second kappa shape index (κ2) is 7.73. The smallest absolute Gasteiger partial charge is 0.0915 e. The van der Waals surface area contributed by atoms with Gasteiger partial charge in [-0.1, -0.05) is 32.1 Å². The van der Waals surface area contributed by atoms with Crippen LogP contribution in [0.15, 0.2) is 30.6 Å². The minimum atomic E-state index is 0.449. The Morgan fingerprint density at radius 1 is 1.39 bits per heavy atom. The number of benzene rings is 1. The molecule has 1 aromatic carbocycles. The van der Waals surface area contributed by atoms with Gasteiger partial charge >= 0.3 is 0 Å². The lowest BCUT2D eigenvalue weighted by Crippen LogP contribution is -2.45. The van der Waals surface area contributed by atoms with Crippen LogP contribution in [0.1, 0.15) is 37.3 Å². The molecule has 0 aliphatic carbocycles. The van der Waals surface area contributed by atoms with Gasteiger partial charge in [-0.3, -0.25) is 0 Å². The first kappa shape index (κ1) is 16.2. The highest BCUT2D eigenvalue weighted by atomic mass is 15.1. The molecule has 0 aromatic heterocycles. The summed E-state index contributed by atoms with van der Waals surface area (Å²) >= 11 is 0. The predicted octanol–water partition coefficient (Wildman–Crippen LogP) is 2.38. The van der Waals surface area contributed by atoms with E-state index in [4.69, 9.17) is 0 Å². The van der Waals surface area contributed by atoms with Crippen molar-refractivity contribution in [2.75, 3.05) is 25.0 Å². The van der Waals surface area contributed by atoms with Gasteiger partial charge in [0.25, 0.3) is 0 Å². The Balaban J connectivity index is 1.43. The quantitative estimate of drug-likeness (QED) is 0.624. The summed E-state index contributed by atoms with van der Waals surface area (Å²) in [5, 5.41) is 14.0. The number of rotatable bonds is 7. The van der Waals surface area contributed by atoms with Crippen LogP contribution in [0.3, 0.4) is 0 Å². The van der Waals surface area contributed by atoms with Gasteiger partial charge in [-0.25, -0.2) is 0 Å². The standard InChI is InChI=1S/C19H30N4/c1-3-5-15-7-8-16-11-18(23-19(16)10-15)13-21-14(2)22-17-6-4-9-20-12-17/h7-8,10,17-18,20-23H,2-6,9,11-13H2,1H3. The zero-order chi connectivity index (χ0) is 16.1. The molecule has 23 heavy (non-hydrogen) atoms. The molecule has 0 saturated carbocycles. The molecule has 0 radical (unpaired) electrons. The van der Waals surface area contributed by atoms with Gasteiger partial charge in [0.05, 0.1) is 5.82 Å². The first-order valence-electron chi connectivity index (χ1n) is 9.03. The zero-order valence-corrected chi connectivity index (χ0v) is 14.3. The lowest BCUT2D eigenvalue weighted by atomic mass is 10.0. The largest absolute Gasteiger partial charge is 0.380 e. The first-order chi connectivity index (χ1) is 11.2. The number of piperidine rings is 1. The van der Waals surface area contributed by atoms with Gasteiger partial charge in [-0.05, 0) is 49.4 Å². The summed E-state index contributed by atoms with van der Waals surface area (Å²) in [6, 6.07) is 7.84. The maximum absolute atomic E-state index is 4.12. The van der Waals surface area contributed by atoms with Crippen LogP contribution in [-0.4, -0.2) is 31.7 Å². The van der Waals surface area contributed by atoms with Crippen LogP contribution in [0.2, 0.25) is 0 Å². The number of anilines is 1. The molecule has 1 fully saturated rings. The molecule has 1 saturated heterocycles. The van der Waals surface area contributed by atoms with E-state index in [1.165, 1.54) is 36.1 Å². The van der Waals surface area contributed by atoms with E-state index in [-0.39, 0.29) is 0 Å². The van der Waals surface area contributed by atoms with Crippen molar-refractivity contribution in [2.45, 2.75) is 51.1 Å². The number of fused-ring (bicyclic) bond motifs is 1. The van der Waals surface area contributed by atoms with Crippen molar-refractivity contribution in [3.8, 4) is 0 Å². The molecule has 1 aromatic rings. The maximum Gasteiger partial charge on any atom is 0.0915 e. The van der Waals surface area contributed by atoms with E-state index in [9.17, 15) is 0 Å². The Hall–Kier alpha value is -1.68. The van der Waals surface area contributed by atoms with Gasteiger partial charge < -0.3 is 21.3 Å². The van der Waals surface area contributed by atoms with Crippen molar-refractivity contribution in [1.82, 2.24) is 16.0 Å². The van der Waals surface area contributed by atoms with Gasteiger partial charge in [0.1, 0.15) is 0 Å². The molecule has 4 nitrogen and oxygen atoms in total. The highest BCUT2D eigenvalue weighted by Gasteiger charge is 2.21. The summed E-state index contributed by atoms with van der Waals surface area (Å²) in [5.41, 5.74) is 4.19. The van der Waals surface area contributed by atoms with Crippen molar-refractivity contribution in [2.24, 2.45) is 0 Å². The van der Waals surface area contributed by atoms with Crippen molar-refractivity contribution in [3.63, 3.8) is 0 Å². The SMILES string of the molecule is C=C(NCC1Cc2ccc(CCC)cc2N1)NC1CCCNC1. The molecule has 0 bridgehead atoms. The Morgan fingerprint density at radius 3 is 3.09 bits per heavy atom. The normalized spacial score (nSPS) is 23.0. The summed E-state index contributed by atoms with van der Waals surface area (Å²) in [4.78, 5) is 0. The average Bonchev–Trinajstić information content (AvgIpc) is 2.96. The topological polar surface area (TPSA) is 48.1 Å². The van der Waals surface area contributed by atoms with E-state index >= 15 is 0 Å². The maximum atomic E-state index is 4.12. The third-order valence-corrected chi connectivity index (χ3v) is 4.78. The van der Waals surface area contributed by atoms with Crippen molar-refractivity contribution in [3.05, 3.63) is 41.7 Å². The summed E-state index contributed by atoms with van der Waals surface area (Å²) < 4.78 is 0. The molecule has 0 spiro atoms. The van der Waals surface area contributed by atoms with E-state index in [0.717, 1.165) is 38.3 Å². The van der Waals surface area contributed by atoms with E-state index in [0.29, 0.717) is 12.1 Å². The minimum absolute atomic E-state index is 0.449. The Bertz CT molecular complexity index is 534. The lowest BCUT2D eigenvalue weighted by molar-refractivity contribution is 0.404. The second-order valence-electron chi connectivity index (χ2n) is 6.83. The van der Waals surface area contributed by atoms with Crippen molar-refractivity contribution < 1.29 is 0 Å². The van der Waals surface area contributed by atoms with Crippen molar-refractivity contribution >= 4 is 5.69 Å². The van der Waals surface area contributed by atoms with E-state index < -0.39 is 0 Å². The van der Waals surface area contributed by atoms with Crippen molar-refractivity contribution in [1.29, 1.82) is 0 Å². The summed E-state index contributed by atoms with van der Waals surface area (Å²) in [7, 11) is 0. The zero-order valence-electron chi connectivity index (χ0n) is 14.3. The molecule has 2 heterocycles. The Labute approximate surface area is 140 Å². The summed E-state index contributed by atoms with van der Waals surface area (Å²) in [6.07, 6.45) is 5.91. The third-order valence-electron chi connectivity index (χ3n) is 4.78. The molecule has 126 valence electrons. The van der Waals surface area contributed by atoms with Crippen LogP contribution in [0.25, 0.3) is 0 Å². The van der Waals surface area contributed by atoms with Crippen LogP contribution >= 0.6 is 0 Å². The van der Waals surface area contributed by atoms with Gasteiger partial charge in [0.2, 0.25) is 0 Å². The molecular weight excluding hydrogens is 284 g/mol. The van der Waals surface area contributed by atoms with Gasteiger partial charge in [-0.2, -0.15) is 0 Å². The molecule has 3 rings (SSSR count). The lowest BCUT2D eigenvalue weighted by Gasteiger charge is -2.26. The number of hydrogen-bond donors (Lipinski definition) is 4. The van der Waals surface area contributed by atoms with Gasteiger partial charge in [0.15, 0.2) is 0 Å². The van der Waals surface area contributed by atoms with Crippen LogP contribution in [0, 0.1) is 0 Å². The third kappa shape index (κ3) is 4.41. The van der Waals surface area contributed by atoms with Crippen LogP contribution in [0.4, 0.5) is 5.69 Å².